The van der Waals surface area contributed by atoms with Gasteiger partial charge in [-0.05, 0) is 6.92 Å². The summed E-state index contributed by atoms with van der Waals surface area (Å²) in [5.41, 5.74) is 0. The van der Waals surface area contributed by atoms with Gasteiger partial charge >= 0.3 is 0 Å². The lowest BCUT2D eigenvalue weighted by molar-refractivity contribution is -0.144. The zero-order valence-electron chi connectivity index (χ0n) is 10.9. The monoisotopic (exact) mass is 258 g/mol. The van der Waals surface area contributed by atoms with E-state index in [1.807, 2.05) is 11.8 Å². The van der Waals surface area contributed by atoms with Crippen molar-refractivity contribution >= 4 is 5.91 Å². The second-order valence-electron chi connectivity index (χ2n) is 4.78. The van der Waals surface area contributed by atoms with E-state index in [1.54, 1.807) is 0 Å². The van der Waals surface area contributed by atoms with E-state index >= 15 is 0 Å². The molecule has 2 aliphatic rings. The van der Waals surface area contributed by atoms with E-state index in [0.29, 0.717) is 39.5 Å². The number of aliphatic hydroxyl groups excluding tert-OH is 1. The molecule has 18 heavy (non-hydrogen) atoms. The van der Waals surface area contributed by atoms with Gasteiger partial charge in [0.15, 0.2) is 0 Å². The molecule has 6 heteroatoms. The summed E-state index contributed by atoms with van der Waals surface area (Å²) in [5, 5.41) is 9.11. The van der Waals surface area contributed by atoms with Crippen LogP contribution in [-0.2, 0) is 14.3 Å². The smallest absolute Gasteiger partial charge is 0.239 e. The van der Waals surface area contributed by atoms with Crippen molar-refractivity contribution in [3.8, 4) is 0 Å². The summed E-state index contributed by atoms with van der Waals surface area (Å²) in [6, 6.07) is -0.152. The predicted octanol–water partition coefficient (Wildman–Crippen LogP) is -1.07. The van der Waals surface area contributed by atoms with Crippen LogP contribution >= 0.6 is 0 Å². The highest BCUT2D eigenvalue weighted by atomic mass is 16.5. The molecular formula is C12H22N2O4. The van der Waals surface area contributed by atoms with Crippen LogP contribution in [0.25, 0.3) is 0 Å². The lowest BCUT2D eigenvalue weighted by Gasteiger charge is -2.38. The molecule has 0 spiro atoms. The minimum atomic E-state index is -0.168. The Kier molecular flexibility index (Phi) is 4.94. The van der Waals surface area contributed by atoms with Gasteiger partial charge in [-0.2, -0.15) is 0 Å². The van der Waals surface area contributed by atoms with Crippen LogP contribution in [0.1, 0.15) is 6.92 Å². The Morgan fingerprint density at radius 2 is 2.06 bits per heavy atom. The van der Waals surface area contributed by atoms with E-state index in [2.05, 4.69) is 4.90 Å². The average molecular weight is 258 g/mol. The molecule has 2 saturated heterocycles. The number of amides is 1. The topological polar surface area (TPSA) is 62.2 Å². The molecule has 0 bridgehead atoms. The summed E-state index contributed by atoms with van der Waals surface area (Å²) >= 11 is 0. The standard InChI is InChI=1S/C12H22N2O4/c1-10(12(16)13-2-5-17-6-3-13)14-4-7-18-11(8-14)9-15/h10-11,15H,2-9H2,1H3. The van der Waals surface area contributed by atoms with Crippen LogP contribution in [0.2, 0.25) is 0 Å². The SMILES string of the molecule is CC(C(=O)N1CCOCC1)N1CCOC(CO)C1. The number of nitrogens with zero attached hydrogens (tertiary/aromatic N) is 2. The largest absolute Gasteiger partial charge is 0.394 e. The normalized spacial score (nSPS) is 28.1. The lowest BCUT2D eigenvalue weighted by atomic mass is 10.2. The fourth-order valence-corrected chi connectivity index (χ4v) is 2.41. The van der Waals surface area contributed by atoms with E-state index in [1.165, 1.54) is 0 Å². The zero-order chi connectivity index (χ0) is 13.0. The van der Waals surface area contributed by atoms with Gasteiger partial charge in [0, 0.05) is 26.2 Å². The quantitative estimate of drug-likeness (QED) is 0.698. The Labute approximate surface area is 107 Å². The van der Waals surface area contributed by atoms with Crippen molar-refractivity contribution in [2.24, 2.45) is 0 Å². The van der Waals surface area contributed by atoms with Crippen molar-refractivity contribution in [3.63, 3.8) is 0 Å². The fraction of sp³-hybridized carbons (Fsp3) is 0.917. The first-order valence-corrected chi connectivity index (χ1v) is 6.55. The summed E-state index contributed by atoms with van der Waals surface area (Å²) < 4.78 is 10.6. The molecule has 0 aromatic rings. The van der Waals surface area contributed by atoms with Gasteiger partial charge in [0.1, 0.15) is 0 Å². The molecule has 2 heterocycles. The zero-order valence-corrected chi connectivity index (χ0v) is 10.9. The molecule has 2 rings (SSSR count). The Morgan fingerprint density at radius 1 is 1.33 bits per heavy atom. The summed E-state index contributed by atoms with van der Waals surface area (Å²) in [6.07, 6.45) is -0.168. The highest BCUT2D eigenvalue weighted by Crippen LogP contribution is 2.12. The molecule has 2 aliphatic heterocycles. The number of ether oxygens (including phenoxy) is 2. The Balaban J connectivity index is 1.88. The summed E-state index contributed by atoms with van der Waals surface area (Å²) in [5.74, 6) is 0.150. The number of carbonyl (C=O) groups is 1. The van der Waals surface area contributed by atoms with Gasteiger partial charge in [0.25, 0.3) is 0 Å². The van der Waals surface area contributed by atoms with Crippen molar-refractivity contribution in [1.29, 1.82) is 0 Å². The molecule has 104 valence electrons. The number of hydrogen-bond acceptors (Lipinski definition) is 5. The molecule has 6 nitrogen and oxygen atoms in total. The van der Waals surface area contributed by atoms with Crippen LogP contribution in [0.3, 0.4) is 0 Å². The van der Waals surface area contributed by atoms with Gasteiger partial charge in [0.2, 0.25) is 5.91 Å². The molecule has 1 amide bonds. The third kappa shape index (κ3) is 3.20. The third-order valence-corrected chi connectivity index (χ3v) is 3.60. The first-order chi connectivity index (χ1) is 8.72. The van der Waals surface area contributed by atoms with Gasteiger partial charge in [-0.15, -0.1) is 0 Å². The maximum atomic E-state index is 12.3. The van der Waals surface area contributed by atoms with Gasteiger partial charge in [-0.25, -0.2) is 0 Å². The van der Waals surface area contributed by atoms with Gasteiger partial charge < -0.3 is 19.5 Å². The first-order valence-electron chi connectivity index (χ1n) is 6.55. The molecule has 2 unspecified atom stereocenters. The van der Waals surface area contributed by atoms with Gasteiger partial charge in [-0.3, -0.25) is 9.69 Å². The molecular weight excluding hydrogens is 236 g/mol. The first kappa shape index (κ1) is 13.7. The Hall–Kier alpha value is -0.690. The number of carbonyl (C=O) groups excluding carboxylic acids is 1. The van der Waals surface area contributed by atoms with E-state index in [-0.39, 0.29) is 24.7 Å². The van der Waals surface area contributed by atoms with Crippen molar-refractivity contribution in [2.45, 2.75) is 19.1 Å². The van der Waals surface area contributed by atoms with Crippen LogP contribution in [0, 0.1) is 0 Å². The Bertz CT molecular complexity index is 281. The van der Waals surface area contributed by atoms with E-state index < -0.39 is 0 Å². The predicted molar refractivity (Wildman–Crippen MR) is 65.3 cm³/mol. The van der Waals surface area contributed by atoms with Gasteiger partial charge in [-0.1, -0.05) is 0 Å². The second kappa shape index (κ2) is 6.47. The highest BCUT2D eigenvalue weighted by Gasteiger charge is 2.30. The average Bonchev–Trinajstić information content (AvgIpc) is 2.46. The van der Waals surface area contributed by atoms with E-state index in [0.717, 1.165) is 6.54 Å². The Morgan fingerprint density at radius 3 is 2.72 bits per heavy atom. The van der Waals surface area contributed by atoms with Crippen molar-refractivity contribution < 1.29 is 19.4 Å². The fourth-order valence-electron chi connectivity index (χ4n) is 2.41. The molecule has 0 saturated carbocycles. The van der Waals surface area contributed by atoms with Crippen LogP contribution in [0.15, 0.2) is 0 Å². The van der Waals surface area contributed by atoms with E-state index in [9.17, 15) is 4.79 Å². The maximum Gasteiger partial charge on any atom is 0.239 e. The number of morpholine rings is 2. The number of aliphatic hydroxyl groups is 1. The third-order valence-electron chi connectivity index (χ3n) is 3.60. The van der Waals surface area contributed by atoms with Crippen LogP contribution in [-0.4, -0.2) is 85.6 Å². The van der Waals surface area contributed by atoms with Crippen molar-refractivity contribution in [1.82, 2.24) is 9.80 Å². The van der Waals surface area contributed by atoms with Crippen LogP contribution in [0.5, 0.6) is 0 Å². The second-order valence-corrected chi connectivity index (χ2v) is 4.78. The van der Waals surface area contributed by atoms with Crippen molar-refractivity contribution in [3.05, 3.63) is 0 Å². The minimum Gasteiger partial charge on any atom is -0.394 e. The molecule has 0 radical (unpaired) electrons. The molecule has 2 fully saturated rings. The number of hydrogen-bond donors (Lipinski definition) is 1. The lowest BCUT2D eigenvalue weighted by Crippen LogP contribution is -2.55. The highest BCUT2D eigenvalue weighted by molar-refractivity contribution is 5.81. The van der Waals surface area contributed by atoms with Gasteiger partial charge in [0.05, 0.1) is 38.6 Å². The molecule has 0 aromatic carbocycles. The van der Waals surface area contributed by atoms with Crippen molar-refractivity contribution in [2.75, 3.05) is 52.6 Å². The minimum absolute atomic E-state index is 0.00889. The summed E-state index contributed by atoms with van der Waals surface area (Å²) in [7, 11) is 0. The van der Waals surface area contributed by atoms with Crippen LogP contribution in [0.4, 0.5) is 0 Å². The van der Waals surface area contributed by atoms with Crippen LogP contribution < -0.4 is 0 Å². The molecule has 1 N–H and O–H groups in total. The molecule has 0 aromatic heterocycles. The summed E-state index contributed by atoms with van der Waals surface area (Å²) in [6.45, 7) is 6.48. The number of rotatable bonds is 3. The summed E-state index contributed by atoms with van der Waals surface area (Å²) in [4.78, 5) is 16.3. The maximum absolute atomic E-state index is 12.3. The molecule has 0 aliphatic carbocycles. The molecule has 2 atom stereocenters. The van der Waals surface area contributed by atoms with E-state index in [4.69, 9.17) is 14.6 Å².